The van der Waals surface area contributed by atoms with Crippen molar-refractivity contribution in [2.75, 3.05) is 13.2 Å². The van der Waals surface area contributed by atoms with Crippen LogP contribution in [0.25, 0.3) is 0 Å². The molecule has 1 aliphatic heterocycles. The Bertz CT molecular complexity index is 301. The number of rotatable bonds is 2. The van der Waals surface area contributed by atoms with E-state index in [4.69, 9.17) is 26.8 Å². The van der Waals surface area contributed by atoms with Gasteiger partial charge in [-0.3, -0.25) is 0 Å². The molecule has 0 saturated carbocycles. The Hall–Kier alpha value is -0.610. The third kappa shape index (κ3) is 2.07. The molecular weight excluding hydrogens is 202 g/mol. The highest BCUT2D eigenvalue weighted by molar-refractivity contribution is 6.30. The molecule has 76 valence electrons. The predicted molar refractivity (Wildman–Crippen MR) is 54.1 cm³/mol. The largest absolute Gasteiger partial charge is 0.346 e. The molecule has 4 heteroatoms. The Balaban J connectivity index is 2.06. The molecule has 0 amide bonds. The van der Waals surface area contributed by atoms with Gasteiger partial charge in [0.05, 0.1) is 12.7 Å². The van der Waals surface area contributed by atoms with Crippen molar-refractivity contribution in [3.63, 3.8) is 0 Å². The van der Waals surface area contributed by atoms with Crippen LogP contribution in [0.1, 0.15) is 11.9 Å². The van der Waals surface area contributed by atoms with Crippen molar-refractivity contribution in [3.8, 4) is 0 Å². The van der Waals surface area contributed by atoms with Crippen molar-refractivity contribution in [1.82, 2.24) is 0 Å². The van der Waals surface area contributed by atoms with Crippen molar-refractivity contribution < 1.29 is 9.47 Å². The Morgan fingerprint density at radius 3 is 2.64 bits per heavy atom. The van der Waals surface area contributed by atoms with Gasteiger partial charge >= 0.3 is 0 Å². The summed E-state index contributed by atoms with van der Waals surface area (Å²) in [7, 11) is 0. The number of hydrogen-bond acceptors (Lipinski definition) is 3. The molecule has 14 heavy (non-hydrogen) atoms. The van der Waals surface area contributed by atoms with Gasteiger partial charge < -0.3 is 15.2 Å². The molecule has 1 saturated heterocycles. The van der Waals surface area contributed by atoms with Crippen LogP contribution in [0.3, 0.4) is 0 Å². The second-order valence-corrected chi connectivity index (χ2v) is 3.65. The van der Waals surface area contributed by atoms with E-state index in [9.17, 15) is 0 Å². The van der Waals surface area contributed by atoms with Crippen LogP contribution in [-0.2, 0) is 9.47 Å². The van der Waals surface area contributed by atoms with Gasteiger partial charge in [-0.05, 0) is 12.1 Å². The van der Waals surface area contributed by atoms with E-state index in [2.05, 4.69) is 0 Å². The zero-order chi connectivity index (χ0) is 9.97. The lowest BCUT2D eigenvalue weighted by atomic mass is 10.2. The molecule has 2 atom stereocenters. The monoisotopic (exact) mass is 213 g/mol. The molecule has 1 aromatic carbocycles. The zero-order valence-corrected chi connectivity index (χ0v) is 8.41. The molecule has 1 heterocycles. The first-order valence-electron chi connectivity index (χ1n) is 4.52. The first kappa shape index (κ1) is 9.93. The average molecular weight is 214 g/mol. The lowest BCUT2D eigenvalue weighted by Gasteiger charge is -2.10. The van der Waals surface area contributed by atoms with E-state index in [0.717, 1.165) is 5.56 Å². The molecule has 1 aromatic rings. The fraction of sp³-hybridized carbons (Fsp3) is 0.400. The summed E-state index contributed by atoms with van der Waals surface area (Å²) < 4.78 is 11.0. The van der Waals surface area contributed by atoms with Gasteiger partial charge in [0.25, 0.3) is 0 Å². The van der Waals surface area contributed by atoms with Crippen LogP contribution >= 0.6 is 11.6 Å². The average Bonchev–Trinajstić information content (AvgIpc) is 2.67. The standard InChI is InChI=1S/C10H12ClNO2/c11-8-3-1-7(2-4-8)10-13-6-9(5-12)14-10/h1-4,9-10H,5-6,12H2. The second-order valence-electron chi connectivity index (χ2n) is 3.21. The van der Waals surface area contributed by atoms with Gasteiger partial charge in [0.1, 0.15) is 0 Å². The highest BCUT2D eigenvalue weighted by atomic mass is 35.5. The van der Waals surface area contributed by atoms with Crippen LogP contribution in [0, 0.1) is 0 Å². The lowest BCUT2D eigenvalue weighted by molar-refractivity contribution is -0.0585. The van der Waals surface area contributed by atoms with Crippen LogP contribution in [-0.4, -0.2) is 19.3 Å². The van der Waals surface area contributed by atoms with Gasteiger partial charge in [0.15, 0.2) is 6.29 Å². The molecule has 0 radical (unpaired) electrons. The van der Waals surface area contributed by atoms with E-state index < -0.39 is 0 Å². The van der Waals surface area contributed by atoms with Gasteiger partial charge in [-0.25, -0.2) is 0 Å². The van der Waals surface area contributed by atoms with Gasteiger partial charge in [-0.2, -0.15) is 0 Å². The van der Waals surface area contributed by atoms with E-state index in [1.807, 2.05) is 24.3 Å². The van der Waals surface area contributed by atoms with Crippen LogP contribution in [0.4, 0.5) is 0 Å². The number of halogens is 1. The maximum Gasteiger partial charge on any atom is 0.184 e. The topological polar surface area (TPSA) is 44.5 Å². The molecule has 2 unspecified atom stereocenters. The molecule has 2 N–H and O–H groups in total. The number of nitrogens with two attached hydrogens (primary N) is 1. The third-order valence-electron chi connectivity index (χ3n) is 2.15. The lowest BCUT2D eigenvalue weighted by Crippen LogP contribution is -2.21. The van der Waals surface area contributed by atoms with Crippen molar-refractivity contribution in [2.24, 2.45) is 5.73 Å². The molecule has 3 nitrogen and oxygen atoms in total. The molecule has 2 rings (SSSR count). The summed E-state index contributed by atoms with van der Waals surface area (Å²) in [6, 6.07) is 7.43. The minimum absolute atomic E-state index is 0.00989. The molecule has 0 aromatic heterocycles. The maximum atomic E-state index is 5.77. The van der Waals surface area contributed by atoms with E-state index in [1.54, 1.807) is 0 Å². The van der Waals surface area contributed by atoms with Crippen LogP contribution in [0.5, 0.6) is 0 Å². The summed E-state index contributed by atoms with van der Waals surface area (Å²) >= 11 is 5.77. The predicted octanol–water partition coefficient (Wildman–Crippen LogP) is 1.71. The summed E-state index contributed by atoms with van der Waals surface area (Å²) in [5.41, 5.74) is 6.45. The smallest absolute Gasteiger partial charge is 0.184 e. The quantitative estimate of drug-likeness (QED) is 0.814. The normalized spacial score (nSPS) is 26.7. The summed E-state index contributed by atoms with van der Waals surface area (Å²) in [6.07, 6.45) is -0.281. The summed E-state index contributed by atoms with van der Waals surface area (Å²) in [5.74, 6) is 0. The minimum Gasteiger partial charge on any atom is -0.346 e. The maximum absolute atomic E-state index is 5.77. The Morgan fingerprint density at radius 1 is 1.36 bits per heavy atom. The van der Waals surface area contributed by atoms with E-state index in [0.29, 0.717) is 18.2 Å². The van der Waals surface area contributed by atoms with Gasteiger partial charge in [-0.1, -0.05) is 23.7 Å². The van der Waals surface area contributed by atoms with Crippen molar-refractivity contribution in [3.05, 3.63) is 34.9 Å². The Kier molecular flexibility index (Phi) is 3.03. The van der Waals surface area contributed by atoms with Crippen LogP contribution in [0.15, 0.2) is 24.3 Å². The van der Waals surface area contributed by atoms with E-state index >= 15 is 0 Å². The zero-order valence-electron chi connectivity index (χ0n) is 7.65. The number of ether oxygens (including phenoxy) is 2. The first-order valence-corrected chi connectivity index (χ1v) is 4.90. The molecule has 0 bridgehead atoms. The van der Waals surface area contributed by atoms with Crippen molar-refractivity contribution in [2.45, 2.75) is 12.4 Å². The van der Waals surface area contributed by atoms with Crippen LogP contribution in [0.2, 0.25) is 5.02 Å². The first-order chi connectivity index (χ1) is 6.79. The summed E-state index contributed by atoms with van der Waals surface area (Å²) in [5, 5.41) is 0.710. The van der Waals surface area contributed by atoms with Gasteiger partial charge in [-0.15, -0.1) is 0 Å². The molecule has 1 fully saturated rings. The summed E-state index contributed by atoms with van der Waals surface area (Å²) in [4.78, 5) is 0. The van der Waals surface area contributed by atoms with Crippen LogP contribution < -0.4 is 5.73 Å². The Morgan fingerprint density at radius 2 is 2.07 bits per heavy atom. The number of hydrogen-bond donors (Lipinski definition) is 1. The SMILES string of the molecule is NCC1COC(c2ccc(Cl)cc2)O1. The van der Waals surface area contributed by atoms with Gasteiger partial charge in [0, 0.05) is 17.1 Å². The summed E-state index contributed by atoms with van der Waals surface area (Å²) in [6.45, 7) is 1.05. The molecule has 1 aliphatic rings. The highest BCUT2D eigenvalue weighted by Gasteiger charge is 2.25. The van der Waals surface area contributed by atoms with Crippen molar-refractivity contribution >= 4 is 11.6 Å². The fourth-order valence-electron chi connectivity index (χ4n) is 1.37. The number of benzene rings is 1. The van der Waals surface area contributed by atoms with E-state index in [-0.39, 0.29) is 12.4 Å². The Labute approximate surface area is 87.8 Å². The van der Waals surface area contributed by atoms with Gasteiger partial charge in [0.2, 0.25) is 0 Å². The highest BCUT2D eigenvalue weighted by Crippen LogP contribution is 2.27. The van der Waals surface area contributed by atoms with E-state index in [1.165, 1.54) is 0 Å². The minimum atomic E-state index is -0.291. The molecular formula is C10H12ClNO2. The molecule has 0 aliphatic carbocycles. The fourth-order valence-corrected chi connectivity index (χ4v) is 1.49. The second kappa shape index (κ2) is 4.28. The third-order valence-corrected chi connectivity index (χ3v) is 2.41. The van der Waals surface area contributed by atoms with Crippen molar-refractivity contribution in [1.29, 1.82) is 0 Å². The molecule has 0 spiro atoms.